The van der Waals surface area contributed by atoms with Crippen molar-refractivity contribution < 1.29 is 14.5 Å². The van der Waals surface area contributed by atoms with E-state index in [1.165, 1.54) is 24.3 Å². The molecule has 0 aromatic heterocycles. The van der Waals surface area contributed by atoms with Crippen molar-refractivity contribution >= 4 is 17.4 Å². The highest BCUT2D eigenvalue weighted by Crippen LogP contribution is 2.13. The van der Waals surface area contributed by atoms with E-state index < -0.39 is 16.9 Å². The summed E-state index contributed by atoms with van der Waals surface area (Å²) >= 11 is 0. The minimum absolute atomic E-state index is 0.0891. The molecule has 0 bridgehead atoms. The van der Waals surface area contributed by atoms with Crippen molar-refractivity contribution in [3.05, 3.63) is 39.9 Å². The highest BCUT2D eigenvalue weighted by molar-refractivity contribution is 5.98. The Balaban J connectivity index is 2.81. The Morgan fingerprint density at radius 3 is 2.67 bits per heavy atom. The lowest BCUT2D eigenvalue weighted by Gasteiger charge is -2.11. The van der Waals surface area contributed by atoms with Crippen molar-refractivity contribution in [3.63, 3.8) is 0 Å². The van der Waals surface area contributed by atoms with Gasteiger partial charge in [-0.15, -0.1) is 0 Å². The summed E-state index contributed by atoms with van der Waals surface area (Å²) in [5, 5.41) is 13.1. The number of Topliss-reactive ketones (excluding diaryl/α,β-unsaturated/α-hetero) is 1. The Labute approximate surface area is 104 Å². The Kier molecular flexibility index (Phi) is 4.53. The summed E-state index contributed by atoms with van der Waals surface area (Å²) in [7, 11) is 0. The predicted octanol–water partition coefficient (Wildman–Crippen LogP) is 1.69. The summed E-state index contributed by atoms with van der Waals surface area (Å²) in [5.41, 5.74) is 0.0112. The van der Waals surface area contributed by atoms with Gasteiger partial charge < -0.3 is 5.32 Å². The van der Waals surface area contributed by atoms with Crippen LogP contribution in [0.15, 0.2) is 24.3 Å². The fourth-order valence-electron chi connectivity index (χ4n) is 1.43. The number of amides is 1. The van der Waals surface area contributed by atoms with E-state index in [0.717, 1.165) is 0 Å². The monoisotopic (exact) mass is 250 g/mol. The molecule has 1 aromatic rings. The van der Waals surface area contributed by atoms with Gasteiger partial charge in [-0.1, -0.05) is 13.0 Å². The number of non-ortho nitro benzene ring substituents is 1. The molecule has 1 aromatic carbocycles. The molecule has 1 amide bonds. The van der Waals surface area contributed by atoms with E-state index in [0.29, 0.717) is 6.42 Å². The number of nitrogens with zero attached hydrogens (tertiary/aromatic N) is 1. The molecule has 0 radical (unpaired) electrons. The number of nitrogens with one attached hydrogen (secondary N) is 1. The fourth-order valence-corrected chi connectivity index (χ4v) is 1.43. The van der Waals surface area contributed by atoms with E-state index >= 15 is 0 Å². The first-order chi connectivity index (χ1) is 8.45. The summed E-state index contributed by atoms with van der Waals surface area (Å²) < 4.78 is 0. The van der Waals surface area contributed by atoms with E-state index in [-0.39, 0.29) is 17.0 Å². The Hall–Kier alpha value is -2.24. The zero-order valence-corrected chi connectivity index (χ0v) is 10.2. The van der Waals surface area contributed by atoms with Gasteiger partial charge in [-0.3, -0.25) is 19.7 Å². The van der Waals surface area contributed by atoms with E-state index in [1.54, 1.807) is 13.8 Å². The van der Waals surface area contributed by atoms with Crippen LogP contribution in [0.4, 0.5) is 5.69 Å². The van der Waals surface area contributed by atoms with Crippen LogP contribution in [-0.4, -0.2) is 22.7 Å². The standard InChI is InChI=1S/C12H14N2O4/c1-3-11(15)8(2)13-12(16)9-5-4-6-10(7-9)14(17)18/h4-8H,3H2,1-2H3,(H,13,16). The number of carbonyl (C=O) groups is 2. The molecule has 0 aliphatic heterocycles. The molecule has 0 heterocycles. The van der Waals surface area contributed by atoms with Crippen molar-refractivity contribution in [1.82, 2.24) is 5.32 Å². The first-order valence-electron chi connectivity index (χ1n) is 5.53. The van der Waals surface area contributed by atoms with Crippen molar-refractivity contribution in [3.8, 4) is 0 Å². The van der Waals surface area contributed by atoms with Crippen LogP contribution in [0, 0.1) is 10.1 Å². The Morgan fingerprint density at radius 1 is 1.44 bits per heavy atom. The van der Waals surface area contributed by atoms with Crippen LogP contribution < -0.4 is 5.32 Å². The molecule has 0 aliphatic carbocycles. The van der Waals surface area contributed by atoms with Gasteiger partial charge in [0.2, 0.25) is 0 Å². The minimum atomic E-state index is -0.596. The Bertz CT molecular complexity index is 485. The molecule has 18 heavy (non-hydrogen) atoms. The number of hydrogen-bond acceptors (Lipinski definition) is 4. The average molecular weight is 250 g/mol. The van der Waals surface area contributed by atoms with Gasteiger partial charge in [0.1, 0.15) is 0 Å². The molecule has 0 fully saturated rings. The number of hydrogen-bond donors (Lipinski definition) is 1. The number of rotatable bonds is 5. The van der Waals surface area contributed by atoms with Gasteiger partial charge in [0.15, 0.2) is 5.78 Å². The quantitative estimate of drug-likeness (QED) is 0.636. The van der Waals surface area contributed by atoms with E-state index in [2.05, 4.69) is 5.32 Å². The summed E-state index contributed by atoms with van der Waals surface area (Å²) in [6.07, 6.45) is 0.330. The summed E-state index contributed by atoms with van der Waals surface area (Å²) in [6, 6.07) is 4.78. The zero-order chi connectivity index (χ0) is 13.7. The minimum Gasteiger partial charge on any atom is -0.343 e. The molecule has 1 rings (SSSR count). The number of nitro groups is 1. The van der Waals surface area contributed by atoms with Crippen molar-refractivity contribution in [2.75, 3.05) is 0 Å². The molecule has 1 unspecified atom stereocenters. The number of carbonyl (C=O) groups excluding carboxylic acids is 2. The molecule has 96 valence electrons. The maximum Gasteiger partial charge on any atom is 0.270 e. The molecule has 0 spiro atoms. The number of ketones is 1. The Morgan fingerprint density at radius 2 is 2.11 bits per heavy atom. The maximum absolute atomic E-state index is 11.8. The SMILES string of the molecule is CCC(=O)C(C)NC(=O)c1cccc([N+](=O)[O-])c1. The molecule has 6 heteroatoms. The van der Waals surface area contributed by atoms with Gasteiger partial charge in [-0.05, 0) is 13.0 Å². The molecule has 6 nitrogen and oxygen atoms in total. The van der Waals surface area contributed by atoms with Gasteiger partial charge in [0.05, 0.1) is 11.0 Å². The van der Waals surface area contributed by atoms with Gasteiger partial charge in [-0.2, -0.15) is 0 Å². The topological polar surface area (TPSA) is 89.3 Å². The first-order valence-corrected chi connectivity index (χ1v) is 5.53. The van der Waals surface area contributed by atoms with Crippen LogP contribution in [0.3, 0.4) is 0 Å². The molecular weight excluding hydrogens is 236 g/mol. The van der Waals surface area contributed by atoms with E-state index in [9.17, 15) is 19.7 Å². The molecule has 1 atom stereocenters. The molecule has 1 N–H and O–H groups in total. The van der Waals surface area contributed by atoms with Gasteiger partial charge in [-0.25, -0.2) is 0 Å². The predicted molar refractivity (Wildman–Crippen MR) is 65.3 cm³/mol. The largest absolute Gasteiger partial charge is 0.343 e. The second-order valence-corrected chi connectivity index (χ2v) is 3.82. The second kappa shape index (κ2) is 5.90. The van der Waals surface area contributed by atoms with Gasteiger partial charge in [0.25, 0.3) is 11.6 Å². The average Bonchev–Trinajstić information content (AvgIpc) is 2.37. The van der Waals surface area contributed by atoms with Crippen LogP contribution >= 0.6 is 0 Å². The van der Waals surface area contributed by atoms with Gasteiger partial charge in [0, 0.05) is 24.1 Å². The van der Waals surface area contributed by atoms with Gasteiger partial charge >= 0.3 is 0 Å². The highest BCUT2D eigenvalue weighted by Gasteiger charge is 2.16. The lowest BCUT2D eigenvalue weighted by atomic mass is 10.1. The lowest BCUT2D eigenvalue weighted by Crippen LogP contribution is -2.38. The number of nitro benzene ring substituents is 1. The van der Waals surface area contributed by atoms with Crippen LogP contribution in [0.5, 0.6) is 0 Å². The van der Waals surface area contributed by atoms with Crippen molar-refractivity contribution in [1.29, 1.82) is 0 Å². The summed E-state index contributed by atoms with van der Waals surface area (Å²) in [6.45, 7) is 3.29. The maximum atomic E-state index is 11.8. The summed E-state index contributed by atoms with van der Waals surface area (Å²) in [5.74, 6) is -0.582. The second-order valence-electron chi connectivity index (χ2n) is 3.82. The molecule has 0 aliphatic rings. The smallest absolute Gasteiger partial charge is 0.270 e. The zero-order valence-electron chi connectivity index (χ0n) is 10.2. The fraction of sp³-hybridized carbons (Fsp3) is 0.333. The van der Waals surface area contributed by atoms with Crippen molar-refractivity contribution in [2.45, 2.75) is 26.3 Å². The van der Waals surface area contributed by atoms with Crippen LogP contribution in [0.1, 0.15) is 30.6 Å². The third kappa shape index (κ3) is 3.38. The van der Waals surface area contributed by atoms with Crippen molar-refractivity contribution in [2.24, 2.45) is 0 Å². The molecule has 0 saturated heterocycles. The third-order valence-corrected chi connectivity index (χ3v) is 2.50. The molecular formula is C12H14N2O4. The van der Waals surface area contributed by atoms with Crippen LogP contribution in [-0.2, 0) is 4.79 Å². The summed E-state index contributed by atoms with van der Waals surface area (Å²) in [4.78, 5) is 33.1. The van der Waals surface area contributed by atoms with Crippen LogP contribution in [0.25, 0.3) is 0 Å². The van der Waals surface area contributed by atoms with Crippen LogP contribution in [0.2, 0.25) is 0 Å². The third-order valence-electron chi connectivity index (χ3n) is 2.50. The lowest BCUT2D eigenvalue weighted by molar-refractivity contribution is -0.384. The van der Waals surface area contributed by atoms with E-state index in [4.69, 9.17) is 0 Å². The normalized spacial score (nSPS) is 11.7. The number of benzene rings is 1. The first kappa shape index (κ1) is 13.8. The highest BCUT2D eigenvalue weighted by atomic mass is 16.6. The molecule has 0 saturated carbocycles. The van der Waals surface area contributed by atoms with E-state index in [1.807, 2.05) is 0 Å².